The summed E-state index contributed by atoms with van der Waals surface area (Å²) in [7, 11) is 0. The molecule has 0 fully saturated rings. The third-order valence-corrected chi connectivity index (χ3v) is 13.6. The summed E-state index contributed by atoms with van der Waals surface area (Å²) in [5.74, 6) is 0. The molecule has 0 bridgehead atoms. The zero-order chi connectivity index (χ0) is 37.7. The number of hydrogen-bond donors (Lipinski definition) is 0. The molecule has 0 heteroatoms. The van der Waals surface area contributed by atoms with Crippen molar-refractivity contribution in [3.8, 4) is 33.4 Å². The average Bonchev–Trinajstić information content (AvgIpc) is 3.24. The first kappa shape index (κ1) is 31.2. The van der Waals surface area contributed by atoms with Crippen molar-refractivity contribution in [2.24, 2.45) is 0 Å². The van der Waals surface area contributed by atoms with E-state index in [4.69, 9.17) is 0 Å². The van der Waals surface area contributed by atoms with Crippen LogP contribution in [0.4, 0.5) is 0 Å². The summed E-state index contributed by atoms with van der Waals surface area (Å²) in [5, 5.41) is 23.7. The van der Waals surface area contributed by atoms with Crippen molar-refractivity contribution in [1.82, 2.24) is 0 Å². The van der Waals surface area contributed by atoms with Crippen molar-refractivity contribution < 1.29 is 0 Å². The molecule has 264 valence electrons. The second-order valence-corrected chi connectivity index (χ2v) is 16.4. The number of rotatable bonds is 3. The van der Waals surface area contributed by atoms with Crippen LogP contribution in [0.3, 0.4) is 0 Å². The molecule has 0 saturated carbocycles. The van der Waals surface area contributed by atoms with Crippen LogP contribution in [0.1, 0.15) is 16.7 Å². The lowest BCUT2D eigenvalue weighted by molar-refractivity contribution is 1.33. The Labute approximate surface area is 330 Å². The second-order valence-electron chi connectivity index (χ2n) is 16.4. The lowest BCUT2D eigenvalue weighted by atomic mass is 9.77. The Kier molecular flexibility index (Phi) is 6.06. The van der Waals surface area contributed by atoms with Crippen molar-refractivity contribution in [3.63, 3.8) is 0 Å². The van der Waals surface area contributed by atoms with Crippen molar-refractivity contribution >= 4 is 97.0 Å². The van der Waals surface area contributed by atoms with Gasteiger partial charge in [-0.05, 0) is 180 Å². The van der Waals surface area contributed by atoms with Gasteiger partial charge in [-0.3, -0.25) is 0 Å². The predicted molar refractivity (Wildman–Crippen MR) is 248 cm³/mol. The van der Waals surface area contributed by atoms with Crippen LogP contribution in [0.15, 0.2) is 164 Å². The summed E-state index contributed by atoms with van der Waals surface area (Å²) < 4.78 is 0. The Hall–Kier alpha value is -7.02. The van der Waals surface area contributed by atoms with Crippen LogP contribution in [0, 0.1) is 20.8 Å². The lowest BCUT2D eigenvalue weighted by Gasteiger charge is -2.27. The zero-order valence-electron chi connectivity index (χ0n) is 32.1. The van der Waals surface area contributed by atoms with Gasteiger partial charge in [-0.15, -0.1) is 0 Å². The molecular formula is C57H36. The Morgan fingerprint density at radius 2 is 0.509 bits per heavy atom. The third kappa shape index (κ3) is 4.02. The van der Waals surface area contributed by atoms with Crippen molar-refractivity contribution in [2.75, 3.05) is 0 Å². The minimum Gasteiger partial charge on any atom is -0.0610 e. The molecule has 0 atom stereocenters. The molecule has 0 heterocycles. The van der Waals surface area contributed by atoms with Gasteiger partial charge in [0.1, 0.15) is 0 Å². The first-order valence-electron chi connectivity index (χ1n) is 20.2. The highest BCUT2D eigenvalue weighted by Gasteiger charge is 2.26. The van der Waals surface area contributed by atoms with E-state index in [0.717, 1.165) is 0 Å². The van der Waals surface area contributed by atoms with Crippen LogP contribution >= 0.6 is 0 Å². The highest BCUT2D eigenvalue weighted by molar-refractivity contribution is 6.30. The first-order valence-corrected chi connectivity index (χ1v) is 20.2. The van der Waals surface area contributed by atoms with Crippen LogP contribution < -0.4 is 0 Å². The maximum atomic E-state index is 2.48. The van der Waals surface area contributed by atoms with Crippen LogP contribution in [0.2, 0.25) is 0 Å². The predicted octanol–water partition coefficient (Wildman–Crippen LogP) is 16.3. The van der Waals surface area contributed by atoms with Crippen molar-refractivity contribution in [3.05, 3.63) is 180 Å². The maximum absolute atomic E-state index is 2.48. The van der Waals surface area contributed by atoms with Gasteiger partial charge in [0.2, 0.25) is 0 Å². The van der Waals surface area contributed by atoms with E-state index in [1.165, 1.54) is 147 Å². The van der Waals surface area contributed by atoms with E-state index in [1.807, 2.05) is 0 Å². The minimum atomic E-state index is 1.29. The Bertz CT molecular complexity index is 3630. The van der Waals surface area contributed by atoms with E-state index >= 15 is 0 Å². The average molecular weight is 721 g/mol. The summed E-state index contributed by atoms with van der Waals surface area (Å²) in [6.45, 7) is 7.17. The van der Waals surface area contributed by atoms with Gasteiger partial charge in [-0.2, -0.15) is 0 Å². The normalized spacial score (nSPS) is 12.5. The highest BCUT2D eigenvalue weighted by atomic mass is 14.3. The summed E-state index contributed by atoms with van der Waals surface area (Å²) in [6.07, 6.45) is 0. The topological polar surface area (TPSA) is 0 Å². The van der Waals surface area contributed by atoms with E-state index in [0.29, 0.717) is 0 Å². The molecule has 0 unspecified atom stereocenters. The molecule has 0 aliphatic carbocycles. The number of benzene rings is 13. The van der Waals surface area contributed by atoms with Gasteiger partial charge in [0.15, 0.2) is 0 Å². The number of hydrogen-bond acceptors (Lipinski definition) is 0. The van der Waals surface area contributed by atoms with Gasteiger partial charge in [-0.1, -0.05) is 152 Å². The molecule has 0 aliphatic heterocycles. The van der Waals surface area contributed by atoms with Gasteiger partial charge in [0, 0.05) is 0 Å². The summed E-state index contributed by atoms with van der Waals surface area (Å²) in [4.78, 5) is 0. The molecule has 13 aromatic rings. The molecule has 0 aromatic heterocycles. The van der Waals surface area contributed by atoms with Gasteiger partial charge in [0.05, 0.1) is 0 Å². The molecule has 0 amide bonds. The molecule has 0 N–H and O–H groups in total. The standard InChI is InChI=1S/C57H36/c1-31-49(45-27-26-40-24-21-34-9-4-10-37-25-28-46(45)57(40)52(34)37)32(2)51(48-30-42-16-6-12-36-20-23-39-14-8-18-44(48)56(39)54(36)42)33(3)50(31)47-29-41-15-5-11-35-19-22-38-13-7-17-43(47)55(38)53(35)41/h4-30H,1-3H3. The van der Waals surface area contributed by atoms with Crippen LogP contribution in [0.25, 0.3) is 130 Å². The molecule has 13 rings (SSSR count). The van der Waals surface area contributed by atoms with Gasteiger partial charge in [-0.25, -0.2) is 0 Å². The fourth-order valence-corrected chi connectivity index (χ4v) is 11.3. The smallest absolute Gasteiger partial charge is 0.00206 e. The quantitative estimate of drug-likeness (QED) is 0.159. The Balaban J connectivity index is 1.23. The van der Waals surface area contributed by atoms with Crippen molar-refractivity contribution in [1.29, 1.82) is 0 Å². The minimum absolute atomic E-state index is 1.29. The molecule has 57 heavy (non-hydrogen) atoms. The third-order valence-electron chi connectivity index (χ3n) is 13.6. The summed E-state index contributed by atoms with van der Waals surface area (Å²) >= 11 is 0. The largest absolute Gasteiger partial charge is 0.0610 e. The summed E-state index contributed by atoms with van der Waals surface area (Å²) in [6, 6.07) is 62.2. The monoisotopic (exact) mass is 720 g/mol. The molecule has 0 saturated heterocycles. The van der Waals surface area contributed by atoms with E-state index in [1.54, 1.807) is 0 Å². The van der Waals surface area contributed by atoms with Gasteiger partial charge < -0.3 is 0 Å². The van der Waals surface area contributed by atoms with Crippen LogP contribution in [-0.4, -0.2) is 0 Å². The van der Waals surface area contributed by atoms with E-state index < -0.39 is 0 Å². The van der Waals surface area contributed by atoms with Crippen LogP contribution in [-0.2, 0) is 0 Å². The SMILES string of the molecule is Cc1c(-c2ccc3ccc4cccc5ccc2c3c45)c(C)c(-c2cc3cccc4ccc5cccc2c5c43)c(C)c1-c1cc2cccc3ccc4cccc1c4c32. The summed E-state index contributed by atoms with van der Waals surface area (Å²) in [5.41, 5.74) is 11.9. The fraction of sp³-hybridized carbons (Fsp3) is 0.0526. The molecule has 0 aliphatic rings. The van der Waals surface area contributed by atoms with E-state index in [2.05, 4.69) is 185 Å². The fourth-order valence-electron chi connectivity index (χ4n) is 11.3. The molecule has 0 nitrogen and oxygen atoms in total. The zero-order valence-corrected chi connectivity index (χ0v) is 32.1. The Morgan fingerprint density at radius 1 is 0.228 bits per heavy atom. The Morgan fingerprint density at radius 3 is 0.947 bits per heavy atom. The first-order chi connectivity index (χ1) is 28.0. The molecule has 0 spiro atoms. The van der Waals surface area contributed by atoms with Gasteiger partial charge in [0.25, 0.3) is 0 Å². The second kappa shape index (κ2) is 11.1. The van der Waals surface area contributed by atoms with Crippen LogP contribution in [0.5, 0.6) is 0 Å². The highest BCUT2D eigenvalue weighted by Crippen LogP contribution is 2.51. The van der Waals surface area contributed by atoms with Crippen molar-refractivity contribution in [2.45, 2.75) is 20.8 Å². The van der Waals surface area contributed by atoms with E-state index in [9.17, 15) is 0 Å². The maximum Gasteiger partial charge on any atom is -0.00206 e. The molecule has 0 radical (unpaired) electrons. The lowest BCUT2D eigenvalue weighted by Crippen LogP contribution is -2.02. The molecular weight excluding hydrogens is 685 g/mol. The van der Waals surface area contributed by atoms with Gasteiger partial charge >= 0.3 is 0 Å². The molecule has 13 aromatic carbocycles. The van der Waals surface area contributed by atoms with E-state index in [-0.39, 0.29) is 0 Å².